The van der Waals surface area contributed by atoms with E-state index in [1.807, 2.05) is 0 Å². The Bertz CT molecular complexity index is 1500. The van der Waals surface area contributed by atoms with Crippen molar-refractivity contribution in [2.45, 2.75) is 13.8 Å². The van der Waals surface area contributed by atoms with Gasteiger partial charge in [-0.3, -0.25) is 9.59 Å². The number of halogens is 2. The summed E-state index contributed by atoms with van der Waals surface area (Å²) in [4.78, 5) is 28.2. The highest BCUT2D eigenvalue weighted by molar-refractivity contribution is 8.03. The van der Waals surface area contributed by atoms with Crippen molar-refractivity contribution in [2.24, 2.45) is 0 Å². The Labute approximate surface area is 203 Å². The van der Waals surface area contributed by atoms with Crippen molar-refractivity contribution in [1.29, 1.82) is 0 Å². The Morgan fingerprint density at radius 3 is 2.69 bits per heavy atom. The largest absolute Gasteiger partial charge is 0.452 e. The number of carbonyl (C=O) groups excluding carboxylic acids is 1. The monoisotopic (exact) mass is 496 g/mol. The number of aromatic nitrogens is 2. The molecule has 0 aliphatic heterocycles. The third-order valence-corrected chi connectivity index (χ3v) is 5.66. The van der Waals surface area contributed by atoms with Crippen molar-refractivity contribution < 1.29 is 18.3 Å². The summed E-state index contributed by atoms with van der Waals surface area (Å²) in [6.07, 6.45) is 1.62. The van der Waals surface area contributed by atoms with Crippen LogP contribution in [0.1, 0.15) is 23.0 Å². The van der Waals surface area contributed by atoms with E-state index in [2.05, 4.69) is 21.6 Å². The standard InChI is InChI=1S/C25H22F2N4O3S/c1-4-28-25(33)18-12-20-23(29-18)24(32)14(3)13-31(20)19-11-16(30-35-5-2)7-9-22(19)34-21-8-6-15(26)10-17(21)27/h5-13,29-30H,2,4H2,1,3H3,(H,28,33). The number of rotatable bonds is 8. The van der Waals surface area contributed by atoms with Crippen LogP contribution < -0.4 is 20.2 Å². The van der Waals surface area contributed by atoms with Crippen molar-refractivity contribution in [3.05, 3.63) is 93.8 Å². The number of hydrogen-bond donors (Lipinski definition) is 3. The second-order valence-electron chi connectivity index (χ2n) is 7.56. The second kappa shape index (κ2) is 10.1. The average molecular weight is 497 g/mol. The maximum atomic E-state index is 14.4. The number of amides is 1. The van der Waals surface area contributed by atoms with Crippen LogP contribution in [0.2, 0.25) is 0 Å². The minimum atomic E-state index is -0.859. The molecule has 0 bridgehead atoms. The summed E-state index contributed by atoms with van der Waals surface area (Å²) in [6.45, 7) is 7.54. The molecule has 2 heterocycles. The van der Waals surface area contributed by atoms with E-state index in [-0.39, 0.29) is 34.0 Å². The number of H-pyrrole nitrogens is 1. The molecule has 0 atom stereocenters. The van der Waals surface area contributed by atoms with E-state index in [1.54, 1.807) is 54.3 Å². The fourth-order valence-corrected chi connectivity index (χ4v) is 3.89. The summed E-state index contributed by atoms with van der Waals surface area (Å²) in [6, 6.07) is 9.70. The van der Waals surface area contributed by atoms with Crippen LogP contribution in [0.4, 0.5) is 14.5 Å². The summed E-state index contributed by atoms with van der Waals surface area (Å²) >= 11 is 1.25. The van der Waals surface area contributed by atoms with Crippen LogP contribution in [0.5, 0.6) is 11.5 Å². The lowest BCUT2D eigenvalue weighted by Crippen LogP contribution is -2.22. The number of fused-ring (bicyclic) bond motifs is 1. The van der Waals surface area contributed by atoms with Gasteiger partial charge in [0.1, 0.15) is 17.0 Å². The van der Waals surface area contributed by atoms with Crippen LogP contribution in [-0.2, 0) is 0 Å². The van der Waals surface area contributed by atoms with E-state index in [0.717, 1.165) is 12.1 Å². The Morgan fingerprint density at radius 1 is 1.20 bits per heavy atom. The summed E-state index contributed by atoms with van der Waals surface area (Å²) in [5, 5.41) is 4.32. The van der Waals surface area contributed by atoms with E-state index in [1.165, 1.54) is 18.0 Å². The van der Waals surface area contributed by atoms with Gasteiger partial charge in [-0.1, -0.05) is 6.58 Å². The minimum absolute atomic E-state index is 0.167. The third-order valence-electron chi connectivity index (χ3n) is 5.14. The smallest absolute Gasteiger partial charge is 0.267 e. The zero-order valence-electron chi connectivity index (χ0n) is 18.9. The molecule has 0 fully saturated rings. The van der Waals surface area contributed by atoms with Crippen LogP contribution in [0.25, 0.3) is 16.7 Å². The number of hydrogen-bond acceptors (Lipinski definition) is 5. The molecule has 2 aromatic heterocycles. The molecule has 4 aromatic rings. The van der Waals surface area contributed by atoms with Crippen molar-refractivity contribution in [2.75, 3.05) is 11.3 Å². The van der Waals surface area contributed by atoms with Crippen molar-refractivity contribution >= 4 is 34.6 Å². The van der Waals surface area contributed by atoms with Gasteiger partial charge in [-0.05, 0) is 67.6 Å². The highest BCUT2D eigenvalue weighted by atomic mass is 32.2. The molecule has 0 saturated carbocycles. The van der Waals surface area contributed by atoms with E-state index in [0.29, 0.717) is 29.0 Å². The first kappa shape index (κ1) is 24.1. The first-order valence-corrected chi connectivity index (χ1v) is 11.5. The van der Waals surface area contributed by atoms with Gasteiger partial charge in [0.15, 0.2) is 17.3 Å². The molecule has 2 aromatic carbocycles. The molecule has 35 heavy (non-hydrogen) atoms. The van der Waals surface area contributed by atoms with Gasteiger partial charge >= 0.3 is 0 Å². The molecular weight excluding hydrogens is 474 g/mol. The molecule has 3 N–H and O–H groups in total. The predicted molar refractivity (Wildman–Crippen MR) is 134 cm³/mol. The number of aryl methyl sites for hydroxylation is 1. The molecule has 0 spiro atoms. The van der Waals surface area contributed by atoms with Crippen molar-refractivity contribution in [1.82, 2.24) is 14.9 Å². The highest BCUT2D eigenvalue weighted by Gasteiger charge is 2.18. The van der Waals surface area contributed by atoms with Gasteiger partial charge in [-0.15, -0.1) is 0 Å². The number of nitrogens with zero attached hydrogens (tertiary/aromatic N) is 1. The van der Waals surface area contributed by atoms with E-state index < -0.39 is 11.6 Å². The maximum absolute atomic E-state index is 14.4. The number of nitrogens with one attached hydrogen (secondary N) is 3. The Morgan fingerprint density at radius 2 is 1.97 bits per heavy atom. The quantitative estimate of drug-likeness (QED) is 0.274. The highest BCUT2D eigenvalue weighted by Crippen LogP contribution is 2.34. The molecule has 0 aliphatic rings. The Hall–Kier alpha value is -4.05. The van der Waals surface area contributed by atoms with E-state index in [9.17, 15) is 18.4 Å². The van der Waals surface area contributed by atoms with Gasteiger partial charge in [-0.2, -0.15) is 0 Å². The van der Waals surface area contributed by atoms with Crippen LogP contribution >= 0.6 is 11.9 Å². The molecule has 10 heteroatoms. The molecule has 0 aliphatic carbocycles. The first-order valence-electron chi connectivity index (χ1n) is 10.7. The lowest BCUT2D eigenvalue weighted by molar-refractivity contribution is 0.0951. The number of aromatic amines is 1. The molecule has 1 amide bonds. The number of carbonyl (C=O) groups is 1. The lowest BCUT2D eigenvalue weighted by Gasteiger charge is -2.17. The summed E-state index contributed by atoms with van der Waals surface area (Å²) in [5.41, 5.74) is 2.19. The topological polar surface area (TPSA) is 88.2 Å². The number of benzene rings is 2. The van der Waals surface area contributed by atoms with E-state index >= 15 is 0 Å². The molecule has 180 valence electrons. The van der Waals surface area contributed by atoms with Crippen LogP contribution in [0, 0.1) is 18.6 Å². The molecular formula is C25H22F2N4O3S. The van der Waals surface area contributed by atoms with Gasteiger partial charge < -0.3 is 24.3 Å². The summed E-state index contributed by atoms with van der Waals surface area (Å²) in [5.74, 6) is -1.86. The summed E-state index contributed by atoms with van der Waals surface area (Å²) in [7, 11) is 0. The van der Waals surface area contributed by atoms with Gasteiger partial charge in [-0.25, -0.2) is 8.78 Å². The zero-order valence-corrected chi connectivity index (χ0v) is 19.8. The zero-order chi connectivity index (χ0) is 25.1. The van der Waals surface area contributed by atoms with E-state index in [4.69, 9.17) is 4.74 Å². The second-order valence-corrected chi connectivity index (χ2v) is 8.33. The molecule has 4 rings (SSSR count). The van der Waals surface area contributed by atoms with Gasteiger partial charge in [0.2, 0.25) is 5.43 Å². The van der Waals surface area contributed by atoms with Gasteiger partial charge in [0.05, 0.1) is 11.2 Å². The van der Waals surface area contributed by atoms with Gasteiger partial charge in [0, 0.05) is 30.1 Å². The fraction of sp³-hybridized carbons (Fsp3) is 0.120. The number of anilines is 1. The van der Waals surface area contributed by atoms with Gasteiger partial charge in [0.25, 0.3) is 5.91 Å². The summed E-state index contributed by atoms with van der Waals surface area (Å²) < 4.78 is 38.4. The SMILES string of the molecule is C=CSNc1ccc(Oc2ccc(F)cc2F)c(-n2cc(C)c(=O)c3[nH]c(C(=O)NCC)cc32)c1. The normalized spacial score (nSPS) is 10.9. The number of pyridine rings is 1. The first-order chi connectivity index (χ1) is 16.8. The lowest BCUT2D eigenvalue weighted by atomic mass is 10.2. The maximum Gasteiger partial charge on any atom is 0.267 e. The Balaban J connectivity index is 1.93. The molecule has 7 nitrogen and oxygen atoms in total. The van der Waals surface area contributed by atoms with Crippen molar-refractivity contribution in [3.8, 4) is 17.2 Å². The molecule has 0 unspecified atom stereocenters. The minimum Gasteiger partial charge on any atom is -0.452 e. The average Bonchev–Trinajstić information content (AvgIpc) is 3.29. The fourth-order valence-electron chi connectivity index (χ4n) is 3.54. The van der Waals surface area contributed by atoms with Crippen molar-refractivity contribution in [3.63, 3.8) is 0 Å². The van der Waals surface area contributed by atoms with Crippen LogP contribution in [-0.4, -0.2) is 22.0 Å². The predicted octanol–water partition coefficient (Wildman–Crippen LogP) is 5.65. The Kier molecular flexibility index (Phi) is 6.92. The van der Waals surface area contributed by atoms with Crippen LogP contribution in [0.3, 0.4) is 0 Å². The molecule has 0 saturated heterocycles. The van der Waals surface area contributed by atoms with Crippen LogP contribution in [0.15, 0.2) is 65.4 Å². The molecule has 0 radical (unpaired) electrons. The number of ether oxygens (including phenoxy) is 1. The third kappa shape index (κ3) is 4.92.